The van der Waals surface area contributed by atoms with Gasteiger partial charge in [-0.1, -0.05) is 0 Å². The molecule has 0 bridgehead atoms. The molecule has 2 aliphatic rings. The molecule has 0 spiro atoms. The zero-order valence-corrected chi connectivity index (χ0v) is 16.1. The lowest BCUT2D eigenvalue weighted by Gasteiger charge is -2.34. The molecule has 3 rings (SSSR count). The maximum Gasteiger partial charge on any atom is 0.310 e. The van der Waals surface area contributed by atoms with Crippen LogP contribution in [0.4, 0.5) is 11.4 Å². The predicted octanol–water partition coefficient (Wildman–Crippen LogP) is 1.55. The number of carbonyl (C=O) groups is 4. The molecule has 1 N–H and O–H groups in total. The van der Waals surface area contributed by atoms with Crippen molar-refractivity contribution in [3.8, 4) is 0 Å². The van der Waals surface area contributed by atoms with E-state index in [1.807, 2.05) is 4.90 Å². The number of amides is 3. The summed E-state index contributed by atoms with van der Waals surface area (Å²) in [6, 6.07) is 6.03. The van der Waals surface area contributed by atoms with E-state index in [4.69, 9.17) is 4.74 Å². The summed E-state index contributed by atoms with van der Waals surface area (Å²) >= 11 is 0. The van der Waals surface area contributed by atoms with Gasteiger partial charge in [0.25, 0.3) is 5.91 Å². The van der Waals surface area contributed by atoms with Crippen LogP contribution in [0, 0.1) is 5.92 Å². The predicted molar refractivity (Wildman–Crippen MR) is 103 cm³/mol. The van der Waals surface area contributed by atoms with Crippen LogP contribution >= 0.6 is 0 Å². The highest BCUT2D eigenvalue weighted by Gasteiger charge is 2.44. The Balaban J connectivity index is 1.71. The molecule has 28 heavy (non-hydrogen) atoms. The highest BCUT2D eigenvalue weighted by atomic mass is 16.5. The molecule has 0 radical (unpaired) electrons. The Morgan fingerprint density at radius 3 is 2.57 bits per heavy atom. The summed E-state index contributed by atoms with van der Waals surface area (Å²) in [7, 11) is 0. The summed E-state index contributed by atoms with van der Waals surface area (Å²) in [5.74, 6) is -1.23. The lowest BCUT2D eigenvalue weighted by molar-refractivity contribution is -0.150. The van der Waals surface area contributed by atoms with Crippen molar-refractivity contribution in [2.75, 3.05) is 29.9 Å². The van der Waals surface area contributed by atoms with E-state index < -0.39 is 6.04 Å². The lowest BCUT2D eigenvalue weighted by atomic mass is 9.96. The van der Waals surface area contributed by atoms with Gasteiger partial charge in [0.15, 0.2) is 0 Å². The van der Waals surface area contributed by atoms with Gasteiger partial charge in [-0.15, -0.1) is 0 Å². The van der Waals surface area contributed by atoms with Gasteiger partial charge in [-0.2, -0.15) is 0 Å². The van der Waals surface area contributed by atoms with Crippen LogP contribution in [-0.2, 0) is 23.9 Å². The van der Waals surface area contributed by atoms with Gasteiger partial charge in [0, 0.05) is 19.2 Å². The second-order valence-electron chi connectivity index (χ2n) is 7.10. The molecule has 1 aromatic rings. The Morgan fingerprint density at radius 1 is 1.21 bits per heavy atom. The van der Waals surface area contributed by atoms with Gasteiger partial charge >= 0.3 is 5.97 Å². The molecule has 2 fully saturated rings. The Kier molecular flexibility index (Phi) is 6.08. The third-order valence-electron chi connectivity index (χ3n) is 5.08. The number of hydrogen-bond acceptors (Lipinski definition) is 6. The summed E-state index contributed by atoms with van der Waals surface area (Å²) in [6.45, 7) is 4.62. The van der Waals surface area contributed by atoms with Crippen molar-refractivity contribution < 1.29 is 23.9 Å². The highest BCUT2D eigenvalue weighted by Crippen LogP contribution is 2.29. The van der Waals surface area contributed by atoms with Crippen LogP contribution < -0.4 is 10.2 Å². The number of likely N-dealkylation sites (tertiary alicyclic amines) is 1. The average Bonchev–Trinajstić information content (AvgIpc) is 2.97. The largest absolute Gasteiger partial charge is 0.466 e. The summed E-state index contributed by atoms with van der Waals surface area (Å²) < 4.78 is 5.11. The maximum absolute atomic E-state index is 13.0. The Hall–Kier alpha value is -2.74. The maximum atomic E-state index is 13.0. The Bertz CT molecular complexity index is 777. The number of anilines is 2. The van der Waals surface area contributed by atoms with E-state index in [9.17, 15) is 19.2 Å². The molecule has 2 saturated heterocycles. The van der Waals surface area contributed by atoms with E-state index in [0.29, 0.717) is 31.1 Å². The summed E-state index contributed by atoms with van der Waals surface area (Å²) in [6.07, 6.45) is 1.62. The van der Waals surface area contributed by atoms with Gasteiger partial charge in [-0.3, -0.25) is 24.1 Å². The number of piperidine rings is 1. The van der Waals surface area contributed by atoms with Crippen molar-refractivity contribution >= 4 is 35.1 Å². The zero-order valence-electron chi connectivity index (χ0n) is 16.1. The molecular weight excluding hydrogens is 362 g/mol. The highest BCUT2D eigenvalue weighted by molar-refractivity contribution is 6.22. The summed E-state index contributed by atoms with van der Waals surface area (Å²) in [5.41, 5.74) is 1.07. The van der Waals surface area contributed by atoms with Gasteiger partial charge in [0.05, 0.1) is 30.7 Å². The molecule has 8 nitrogen and oxygen atoms in total. The van der Waals surface area contributed by atoms with E-state index in [1.165, 1.54) is 11.8 Å². The third-order valence-corrected chi connectivity index (χ3v) is 5.08. The van der Waals surface area contributed by atoms with Crippen molar-refractivity contribution in [2.45, 2.75) is 39.2 Å². The lowest BCUT2D eigenvalue weighted by Crippen LogP contribution is -2.48. The summed E-state index contributed by atoms with van der Waals surface area (Å²) in [4.78, 5) is 51.8. The number of imide groups is 1. The van der Waals surface area contributed by atoms with Crippen LogP contribution in [0.2, 0.25) is 0 Å². The van der Waals surface area contributed by atoms with E-state index in [-0.39, 0.29) is 36.0 Å². The fourth-order valence-corrected chi connectivity index (χ4v) is 3.81. The Morgan fingerprint density at radius 2 is 1.93 bits per heavy atom. The number of nitrogens with one attached hydrogen (secondary N) is 1. The van der Waals surface area contributed by atoms with Crippen molar-refractivity contribution in [3.05, 3.63) is 24.3 Å². The Labute approximate surface area is 163 Å². The molecule has 8 heteroatoms. The van der Waals surface area contributed by atoms with Gasteiger partial charge in [-0.05, 0) is 50.6 Å². The standard InChI is InChI=1S/C20H25N3O5/c1-3-28-20(27)14-5-4-10-22(12-14)17-11-18(25)23(19(17)26)16-8-6-15(7-9-16)21-13(2)24/h6-9,14,17H,3-5,10-12H2,1-2H3,(H,21,24)/t14-,17+/m0/s1. The minimum Gasteiger partial charge on any atom is -0.466 e. The zero-order chi connectivity index (χ0) is 20.3. The SMILES string of the molecule is CCOC(=O)[C@H]1CCCN([C@@H]2CC(=O)N(c3ccc(NC(C)=O)cc3)C2=O)C1. The number of nitrogens with zero attached hydrogens (tertiary/aromatic N) is 2. The molecule has 0 aliphatic carbocycles. The summed E-state index contributed by atoms with van der Waals surface area (Å²) in [5, 5.41) is 2.65. The van der Waals surface area contributed by atoms with Gasteiger partial charge < -0.3 is 10.1 Å². The fourth-order valence-electron chi connectivity index (χ4n) is 3.81. The molecule has 0 unspecified atom stereocenters. The van der Waals surface area contributed by atoms with E-state index >= 15 is 0 Å². The average molecular weight is 387 g/mol. The van der Waals surface area contributed by atoms with Gasteiger partial charge in [0.2, 0.25) is 11.8 Å². The number of esters is 1. The van der Waals surface area contributed by atoms with E-state index in [2.05, 4.69) is 5.32 Å². The molecule has 3 amide bonds. The molecule has 150 valence electrons. The number of rotatable bonds is 5. The fraction of sp³-hybridized carbons (Fsp3) is 0.500. The number of ether oxygens (including phenoxy) is 1. The molecule has 1 aromatic carbocycles. The smallest absolute Gasteiger partial charge is 0.310 e. The van der Waals surface area contributed by atoms with Crippen molar-refractivity contribution in [2.24, 2.45) is 5.92 Å². The van der Waals surface area contributed by atoms with Crippen LogP contribution in [0.1, 0.15) is 33.1 Å². The number of benzene rings is 1. The number of hydrogen-bond donors (Lipinski definition) is 1. The van der Waals surface area contributed by atoms with Crippen LogP contribution in [-0.4, -0.2) is 54.3 Å². The van der Waals surface area contributed by atoms with Gasteiger partial charge in [-0.25, -0.2) is 4.90 Å². The number of carbonyl (C=O) groups excluding carboxylic acids is 4. The van der Waals surface area contributed by atoms with Crippen LogP contribution in [0.5, 0.6) is 0 Å². The van der Waals surface area contributed by atoms with Gasteiger partial charge in [0.1, 0.15) is 0 Å². The quantitative estimate of drug-likeness (QED) is 0.608. The van der Waals surface area contributed by atoms with Crippen LogP contribution in [0.15, 0.2) is 24.3 Å². The second-order valence-corrected chi connectivity index (χ2v) is 7.10. The van der Waals surface area contributed by atoms with Crippen molar-refractivity contribution in [1.29, 1.82) is 0 Å². The molecule has 0 aromatic heterocycles. The van der Waals surface area contributed by atoms with Crippen LogP contribution in [0.3, 0.4) is 0 Å². The molecule has 0 saturated carbocycles. The first-order valence-corrected chi connectivity index (χ1v) is 9.55. The molecule has 2 heterocycles. The van der Waals surface area contributed by atoms with Crippen molar-refractivity contribution in [1.82, 2.24) is 4.90 Å². The van der Waals surface area contributed by atoms with E-state index in [1.54, 1.807) is 31.2 Å². The van der Waals surface area contributed by atoms with Crippen LogP contribution in [0.25, 0.3) is 0 Å². The van der Waals surface area contributed by atoms with Crippen molar-refractivity contribution in [3.63, 3.8) is 0 Å². The normalized spacial score (nSPS) is 23.0. The minimum atomic E-state index is -0.556. The molecular formula is C20H25N3O5. The first-order chi connectivity index (χ1) is 13.4. The first-order valence-electron chi connectivity index (χ1n) is 9.55. The minimum absolute atomic E-state index is 0.0990. The molecule has 2 atom stereocenters. The van der Waals surface area contributed by atoms with E-state index in [0.717, 1.165) is 12.8 Å². The monoisotopic (exact) mass is 387 g/mol. The second kappa shape index (κ2) is 8.52. The molecule has 2 aliphatic heterocycles. The first kappa shape index (κ1) is 20.0. The third kappa shape index (κ3) is 4.22. The topological polar surface area (TPSA) is 96.0 Å².